The molecule has 1 N–H and O–H groups in total. The summed E-state index contributed by atoms with van der Waals surface area (Å²) in [5.74, 6) is -0.155. The first-order chi connectivity index (χ1) is 15.0. The van der Waals surface area contributed by atoms with E-state index in [4.69, 9.17) is 16.3 Å². The standard InChI is InChI=1S/C24H21ClN2O3S/c1-3-11-30-18-7-4-6-17(14-18)27-23(28)21(20-8-5-12-31-20)22(24(27)29)26-19-10-9-16(25)13-15(19)2/h4-10,12-14,26H,3,11H2,1-2H3. The Morgan fingerprint density at radius 2 is 1.90 bits per heavy atom. The maximum absolute atomic E-state index is 13.5. The molecule has 1 aromatic heterocycles. The third-order valence-corrected chi connectivity index (χ3v) is 5.97. The molecule has 1 aliphatic heterocycles. The highest BCUT2D eigenvalue weighted by molar-refractivity contribution is 7.11. The third kappa shape index (κ3) is 4.22. The molecule has 5 nitrogen and oxygen atoms in total. The predicted molar refractivity (Wildman–Crippen MR) is 126 cm³/mol. The minimum atomic E-state index is -0.407. The number of ether oxygens (including phenoxy) is 1. The van der Waals surface area contributed by atoms with Crippen LogP contribution in [0.1, 0.15) is 23.8 Å². The SMILES string of the molecule is CCCOc1cccc(N2C(=O)C(Nc3ccc(Cl)cc3C)=C(c3cccs3)C2=O)c1. The zero-order valence-corrected chi connectivity index (χ0v) is 18.7. The van der Waals surface area contributed by atoms with Gasteiger partial charge in [-0.15, -0.1) is 11.3 Å². The van der Waals surface area contributed by atoms with E-state index in [-0.39, 0.29) is 11.6 Å². The zero-order valence-electron chi connectivity index (χ0n) is 17.1. The number of halogens is 1. The summed E-state index contributed by atoms with van der Waals surface area (Å²) in [6.07, 6.45) is 0.865. The molecular formula is C24H21ClN2O3S. The average molecular weight is 453 g/mol. The molecular weight excluding hydrogens is 432 g/mol. The Morgan fingerprint density at radius 1 is 1.06 bits per heavy atom. The lowest BCUT2D eigenvalue weighted by Crippen LogP contribution is -2.32. The first kappa shape index (κ1) is 21.2. The minimum Gasteiger partial charge on any atom is -0.494 e. The lowest BCUT2D eigenvalue weighted by molar-refractivity contribution is -0.120. The molecule has 2 heterocycles. The number of carbonyl (C=O) groups excluding carboxylic acids is 2. The molecule has 7 heteroatoms. The first-order valence-electron chi connectivity index (χ1n) is 9.92. The van der Waals surface area contributed by atoms with Gasteiger partial charge in [0.2, 0.25) is 0 Å². The van der Waals surface area contributed by atoms with Crippen molar-refractivity contribution in [1.82, 2.24) is 0 Å². The summed E-state index contributed by atoms with van der Waals surface area (Å²) in [4.78, 5) is 28.8. The fourth-order valence-electron chi connectivity index (χ4n) is 3.36. The second-order valence-electron chi connectivity index (χ2n) is 7.10. The van der Waals surface area contributed by atoms with Crippen molar-refractivity contribution in [1.29, 1.82) is 0 Å². The molecule has 2 aromatic carbocycles. The van der Waals surface area contributed by atoms with Gasteiger partial charge in [-0.05, 0) is 60.7 Å². The highest BCUT2D eigenvalue weighted by atomic mass is 35.5. The Kier molecular flexibility index (Phi) is 6.11. The first-order valence-corrected chi connectivity index (χ1v) is 11.2. The zero-order chi connectivity index (χ0) is 22.0. The molecule has 4 rings (SSSR count). The number of carbonyl (C=O) groups is 2. The molecule has 0 radical (unpaired) electrons. The van der Waals surface area contributed by atoms with E-state index >= 15 is 0 Å². The van der Waals surface area contributed by atoms with Crippen LogP contribution in [0.4, 0.5) is 11.4 Å². The monoisotopic (exact) mass is 452 g/mol. The number of anilines is 2. The van der Waals surface area contributed by atoms with Gasteiger partial charge >= 0.3 is 0 Å². The van der Waals surface area contributed by atoms with Crippen LogP contribution < -0.4 is 15.0 Å². The fourth-order valence-corrected chi connectivity index (χ4v) is 4.36. The van der Waals surface area contributed by atoms with E-state index in [1.807, 2.05) is 43.5 Å². The highest BCUT2D eigenvalue weighted by Crippen LogP contribution is 2.37. The largest absolute Gasteiger partial charge is 0.494 e. The third-order valence-electron chi connectivity index (χ3n) is 4.85. The van der Waals surface area contributed by atoms with Crippen molar-refractivity contribution < 1.29 is 14.3 Å². The number of thiophene rings is 1. The Hall–Kier alpha value is -3.09. The molecule has 1 aliphatic rings. The Morgan fingerprint density at radius 3 is 2.61 bits per heavy atom. The molecule has 158 valence electrons. The Labute approximate surface area is 189 Å². The summed E-state index contributed by atoms with van der Waals surface area (Å²) in [6.45, 7) is 4.48. The maximum Gasteiger partial charge on any atom is 0.282 e. The van der Waals surface area contributed by atoms with Crippen molar-refractivity contribution in [3.05, 3.63) is 81.1 Å². The van der Waals surface area contributed by atoms with Crippen LogP contribution in [0.15, 0.2) is 65.7 Å². The van der Waals surface area contributed by atoms with E-state index in [0.717, 1.165) is 22.5 Å². The molecule has 3 aromatic rings. The second kappa shape index (κ2) is 8.96. The predicted octanol–water partition coefficient (Wildman–Crippen LogP) is 5.90. The molecule has 31 heavy (non-hydrogen) atoms. The van der Waals surface area contributed by atoms with Crippen LogP contribution in [0.25, 0.3) is 5.57 Å². The molecule has 2 amide bonds. The molecule has 0 atom stereocenters. The van der Waals surface area contributed by atoms with E-state index in [1.54, 1.807) is 30.3 Å². The molecule has 0 saturated carbocycles. The lowest BCUT2D eigenvalue weighted by Gasteiger charge is -2.17. The number of benzene rings is 2. The van der Waals surface area contributed by atoms with Crippen LogP contribution in [0.5, 0.6) is 5.75 Å². The van der Waals surface area contributed by atoms with E-state index in [9.17, 15) is 9.59 Å². The number of aryl methyl sites for hydroxylation is 1. The number of nitrogens with zero attached hydrogens (tertiary/aromatic N) is 1. The van der Waals surface area contributed by atoms with Crippen molar-refractivity contribution >= 4 is 51.7 Å². The van der Waals surface area contributed by atoms with Crippen LogP contribution in [0.3, 0.4) is 0 Å². The van der Waals surface area contributed by atoms with Gasteiger partial charge < -0.3 is 10.1 Å². The fraction of sp³-hybridized carbons (Fsp3) is 0.167. The van der Waals surface area contributed by atoms with Gasteiger partial charge in [-0.25, -0.2) is 4.90 Å². The van der Waals surface area contributed by atoms with Crippen molar-refractivity contribution in [2.75, 3.05) is 16.8 Å². The molecule has 0 aliphatic carbocycles. The van der Waals surface area contributed by atoms with Gasteiger partial charge in [-0.1, -0.05) is 30.7 Å². The van der Waals surface area contributed by atoms with Crippen LogP contribution in [-0.4, -0.2) is 18.4 Å². The van der Waals surface area contributed by atoms with Gasteiger partial charge in [-0.2, -0.15) is 0 Å². The quantitative estimate of drug-likeness (QED) is 0.454. The molecule has 0 bridgehead atoms. The summed E-state index contributed by atoms with van der Waals surface area (Å²) in [7, 11) is 0. The molecule has 0 spiro atoms. The van der Waals surface area contributed by atoms with Crippen LogP contribution in [0, 0.1) is 6.92 Å². The van der Waals surface area contributed by atoms with Crippen molar-refractivity contribution in [2.45, 2.75) is 20.3 Å². The molecule has 0 saturated heterocycles. The van der Waals surface area contributed by atoms with E-state index < -0.39 is 5.91 Å². The number of amides is 2. The summed E-state index contributed by atoms with van der Waals surface area (Å²) >= 11 is 7.49. The van der Waals surface area contributed by atoms with E-state index in [2.05, 4.69) is 5.32 Å². The van der Waals surface area contributed by atoms with Crippen molar-refractivity contribution in [2.24, 2.45) is 0 Å². The minimum absolute atomic E-state index is 0.248. The topological polar surface area (TPSA) is 58.6 Å². The normalized spacial score (nSPS) is 13.8. The van der Waals surface area contributed by atoms with Crippen molar-refractivity contribution in [3.63, 3.8) is 0 Å². The second-order valence-corrected chi connectivity index (χ2v) is 8.49. The van der Waals surface area contributed by atoms with Gasteiger partial charge in [0, 0.05) is 21.7 Å². The van der Waals surface area contributed by atoms with Crippen LogP contribution in [0.2, 0.25) is 5.02 Å². The number of hydrogen-bond acceptors (Lipinski definition) is 5. The highest BCUT2D eigenvalue weighted by Gasteiger charge is 2.41. The number of nitrogens with one attached hydrogen (secondary N) is 1. The average Bonchev–Trinajstić information content (AvgIpc) is 3.35. The Balaban J connectivity index is 1.75. The molecule has 0 fully saturated rings. The Bertz CT molecular complexity index is 1170. The summed E-state index contributed by atoms with van der Waals surface area (Å²) in [6, 6.07) is 16.1. The maximum atomic E-state index is 13.5. The lowest BCUT2D eigenvalue weighted by atomic mass is 10.1. The number of hydrogen-bond donors (Lipinski definition) is 1. The summed E-state index contributed by atoms with van der Waals surface area (Å²) in [5.41, 5.74) is 2.67. The smallest absolute Gasteiger partial charge is 0.282 e. The number of rotatable bonds is 7. The van der Waals surface area contributed by atoms with E-state index in [0.29, 0.717) is 28.6 Å². The van der Waals surface area contributed by atoms with Crippen molar-refractivity contribution in [3.8, 4) is 5.75 Å². The van der Waals surface area contributed by atoms with Gasteiger partial charge in [0.15, 0.2) is 0 Å². The number of imide groups is 1. The van der Waals surface area contributed by atoms with Crippen LogP contribution in [-0.2, 0) is 9.59 Å². The summed E-state index contributed by atoms with van der Waals surface area (Å²) in [5, 5.41) is 5.68. The van der Waals surface area contributed by atoms with E-state index in [1.165, 1.54) is 16.2 Å². The summed E-state index contributed by atoms with van der Waals surface area (Å²) < 4.78 is 5.69. The van der Waals surface area contributed by atoms with Gasteiger partial charge in [-0.3, -0.25) is 9.59 Å². The van der Waals surface area contributed by atoms with Gasteiger partial charge in [0.1, 0.15) is 11.4 Å². The molecule has 0 unspecified atom stereocenters. The van der Waals surface area contributed by atoms with Gasteiger partial charge in [0.25, 0.3) is 11.8 Å². The van der Waals surface area contributed by atoms with Crippen LogP contribution >= 0.6 is 22.9 Å². The van der Waals surface area contributed by atoms with Gasteiger partial charge in [0.05, 0.1) is 17.9 Å².